The van der Waals surface area contributed by atoms with E-state index in [1.165, 1.54) is 0 Å². The minimum absolute atomic E-state index is 0.0738. The van der Waals surface area contributed by atoms with Crippen LogP contribution in [0.15, 0.2) is 54.6 Å². The number of rotatable bonds is 7. The van der Waals surface area contributed by atoms with E-state index < -0.39 is 10.0 Å². The lowest BCUT2D eigenvalue weighted by molar-refractivity contribution is 0.282. The third-order valence-corrected chi connectivity index (χ3v) is 4.47. The summed E-state index contributed by atoms with van der Waals surface area (Å²) in [4.78, 5) is 0. The van der Waals surface area contributed by atoms with Gasteiger partial charge in [0.05, 0.1) is 12.4 Å². The zero-order valence-electron chi connectivity index (χ0n) is 11.7. The van der Waals surface area contributed by atoms with E-state index in [-0.39, 0.29) is 12.4 Å². The summed E-state index contributed by atoms with van der Waals surface area (Å²) in [6.45, 7) is 0.293. The van der Waals surface area contributed by atoms with Crippen LogP contribution < -0.4 is 4.72 Å². The molecule has 0 bridgehead atoms. The quantitative estimate of drug-likeness (QED) is 0.820. The molecule has 21 heavy (non-hydrogen) atoms. The van der Waals surface area contributed by atoms with Crippen LogP contribution in [-0.4, -0.2) is 20.1 Å². The molecule has 4 nitrogen and oxygen atoms in total. The first-order valence-corrected chi connectivity index (χ1v) is 8.44. The molecule has 0 aliphatic carbocycles. The fourth-order valence-corrected chi connectivity index (χ4v) is 3.22. The van der Waals surface area contributed by atoms with Gasteiger partial charge in [0.25, 0.3) is 0 Å². The van der Waals surface area contributed by atoms with Crippen molar-refractivity contribution in [2.24, 2.45) is 0 Å². The maximum Gasteiger partial charge on any atom is 0.215 e. The molecule has 2 aromatic carbocycles. The highest BCUT2D eigenvalue weighted by molar-refractivity contribution is 7.88. The Morgan fingerprint density at radius 1 is 0.905 bits per heavy atom. The monoisotopic (exact) mass is 305 g/mol. The molecule has 112 valence electrons. The van der Waals surface area contributed by atoms with E-state index in [9.17, 15) is 8.42 Å². The van der Waals surface area contributed by atoms with Gasteiger partial charge in [0.1, 0.15) is 0 Å². The van der Waals surface area contributed by atoms with Gasteiger partial charge in [-0.15, -0.1) is 0 Å². The molecule has 0 saturated carbocycles. The Labute approximate surface area is 125 Å². The molecular formula is C16H19NO3S. The Bertz CT molecular complexity index is 669. The second-order valence-corrected chi connectivity index (χ2v) is 6.67. The molecule has 0 heterocycles. The Morgan fingerprint density at radius 2 is 1.57 bits per heavy atom. The molecule has 0 saturated heterocycles. The first-order chi connectivity index (χ1) is 10.1. The standard InChI is InChI=1S/C16H19NO3S/c18-12-15-7-4-8-16(11-15)13-21(19,20)17-10-9-14-5-2-1-3-6-14/h1-8,11,17-18H,9-10,12-13H2. The van der Waals surface area contributed by atoms with E-state index in [4.69, 9.17) is 5.11 Å². The fourth-order valence-electron chi connectivity index (χ4n) is 2.08. The Hall–Kier alpha value is -1.69. The molecule has 0 amide bonds. The van der Waals surface area contributed by atoms with E-state index in [2.05, 4.69) is 4.72 Å². The minimum Gasteiger partial charge on any atom is -0.392 e. The first-order valence-electron chi connectivity index (χ1n) is 6.79. The number of aliphatic hydroxyl groups excluding tert-OH is 1. The SMILES string of the molecule is O=S(=O)(Cc1cccc(CO)c1)NCCc1ccccc1. The zero-order chi connectivity index (χ0) is 15.1. The fraction of sp³-hybridized carbons (Fsp3) is 0.250. The van der Waals surface area contributed by atoms with Gasteiger partial charge in [-0.2, -0.15) is 0 Å². The highest BCUT2D eigenvalue weighted by Crippen LogP contribution is 2.09. The van der Waals surface area contributed by atoms with Crippen LogP contribution in [0.1, 0.15) is 16.7 Å². The topological polar surface area (TPSA) is 66.4 Å². The number of sulfonamides is 1. The van der Waals surface area contributed by atoms with Gasteiger partial charge in [-0.05, 0) is 23.1 Å². The van der Waals surface area contributed by atoms with Crippen LogP contribution in [0.4, 0.5) is 0 Å². The number of aliphatic hydroxyl groups is 1. The van der Waals surface area contributed by atoms with Crippen molar-refractivity contribution in [3.05, 3.63) is 71.3 Å². The number of hydrogen-bond donors (Lipinski definition) is 2. The predicted octanol–water partition coefficient (Wildman–Crippen LogP) is 1.84. The molecule has 0 radical (unpaired) electrons. The molecule has 5 heteroatoms. The molecule has 0 unspecified atom stereocenters. The summed E-state index contributed by atoms with van der Waals surface area (Å²) >= 11 is 0. The summed E-state index contributed by atoms with van der Waals surface area (Å²) in [5.41, 5.74) is 2.49. The summed E-state index contributed by atoms with van der Waals surface area (Å²) in [5, 5.41) is 9.06. The molecule has 2 aromatic rings. The average molecular weight is 305 g/mol. The number of benzene rings is 2. The summed E-state index contributed by atoms with van der Waals surface area (Å²) in [6.07, 6.45) is 0.663. The predicted molar refractivity (Wildman–Crippen MR) is 83.1 cm³/mol. The number of nitrogens with one attached hydrogen (secondary N) is 1. The van der Waals surface area contributed by atoms with Crippen molar-refractivity contribution < 1.29 is 13.5 Å². The van der Waals surface area contributed by atoms with Crippen molar-refractivity contribution >= 4 is 10.0 Å². The molecule has 0 aromatic heterocycles. The van der Waals surface area contributed by atoms with Gasteiger partial charge < -0.3 is 5.11 Å². The van der Waals surface area contributed by atoms with Gasteiger partial charge in [0.2, 0.25) is 10.0 Å². The summed E-state index contributed by atoms with van der Waals surface area (Å²) < 4.78 is 26.6. The first kappa shape index (κ1) is 15.7. The normalized spacial score (nSPS) is 11.5. The number of hydrogen-bond acceptors (Lipinski definition) is 3. The second kappa shape index (κ2) is 7.36. The Morgan fingerprint density at radius 3 is 2.29 bits per heavy atom. The lowest BCUT2D eigenvalue weighted by Crippen LogP contribution is -2.27. The minimum atomic E-state index is -3.36. The van der Waals surface area contributed by atoms with Crippen LogP contribution in [0.5, 0.6) is 0 Å². The van der Waals surface area contributed by atoms with E-state index in [0.29, 0.717) is 24.1 Å². The van der Waals surface area contributed by atoms with Crippen molar-refractivity contribution in [2.75, 3.05) is 6.54 Å². The van der Waals surface area contributed by atoms with Crippen molar-refractivity contribution in [3.8, 4) is 0 Å². The van der Waals surface area contributed by atoms with Crippen LogP contribution in [0.2, 0.25) is 0 Å². The van der Waals surface area contributed by atoms with Gasteiger partial charge in [0, 0.05) is 6.54 Å². The highest BCUT2D eigenvalue weighted by Gasteiger charge is 2.11. The molecular weight excluding hydrogens is 286 g/mol. The van der Waals surface area contributed by atoms with E-state index >= 15 is 0 Å². The maximum atomic E-state index is 12.0. The molecule has 0 spiro atoms. The summed E-state index contributed by atoms with van der Waals surface area (Å²) in [5.74, 6) is -0.0738. The van der Waals surface area contributed by atoms with Crippen LogP contribution in [0.3, 0.4) is 0 Å². The van der Waals surface area contributed by atoms with Gasteiger partial charge in [-0.25, -0.2) is 13.1 Å². The second-order valence-electron chi connectivity index (χ2n) is 4.87. The molecule has 0 aliphatic rings. The smallest absolute Gasteiger partial charge is 0.215 e. The molecule has 0 atom stereocenters. The van der Waals surface area contributed by atoms with E-state index in [1.54, 1.807) is 24.3 Å². The van der Waals surface area contributed by atoms with Crippen LogP contribution in [0.25, 0.3) is 0 Å². The molecule has 0 aliphatic heterocycles. The van der Waals surface area contributed by atoms with Crippen molar-refractivity contribution in [1.29, 1.82) is 0 Å². The Balaban J connectivity index is 1.89. The van der Waals surface area contributed by atoms with Crippen molar-refractivity contribution in [2.45, 2.75) is 18.8 Å². The zero-order valence-corrected chi connectivity index (χ0v) is 12.5. The van der Waals surface area contributed by atoms with Gasteiger partial charge in [-0.3, -0.25) is 0 Å². The summed E-state index contributed by atoms with van der Waals surface area (Å²) in [6, 6.07) is 16.7. The highest BCUT2D eigenvalue weighted by atomic mass is 32.2. The largest absolute Gasteiger partial charge is 0.392 e. The van der Waals surface area contributed by atoms with Crippen LogP contribution in [0, 0.1) is 0 Å². The van der Waals surface area contributed by atoms with Gasteiger partial charge in [-0.1, -0.05) is 54.6 Å². The lowest BCUT2D eigenvalue weighted by Gasteiger charge is -2.08. The molecule has 2 rings (SSSR count). The molecule has 0 fully saturated rings. The van der Waals surface area contributed by atoms with E-state index in [0.717, 1.165) is 5.56 Å². The lowest BCUT2D eigenvalue weighted by atomic mass is 10.1. The van der Waals surface area contributed by atoms with Crippen molar-refractivity contribution in [1.82, 2.24) is 4.72 Å². The van der Waals surface area contributed by atoms with Gasteiger partial charge >= 0.3 is 0 Å². The Kier molecular flexibility index (Phi) is 5.50. The summed E-state index contributed by atoms with van der Waals surface area (Å²) in [7, 11) is -3.36. The maximum absolute atomic E-state index is 12.0. The third-order valence-electron chi connectivity index (χ3n) is 3.11. The van der Waals surface area contributed by atoms with Crippen LogP contribution >= 0.6 is 0 Å². The van der Waals surface area contributed by atoms with E-state index in [1.807, 2.05) is 30.3 Å². The van der Waals surface area contributed by atoms with Crippen molar-refractivity contribution in [3.63, 3.8) is 0 Å². The average Bonchev–Trinajstić information content (AvgIpc) is 2.48. The molecule has 2 N–H and O–H groups in total. The third kappa shape index (κ3) is 5.30. The van der Waals surface area contributed by atoms with Gasteiger partial charge in [0.15, 0.2) is 0 Å². The van der Waals surface area contributed by atoms with Crippen LogP contribution in [-0.2, 0) is 28.8 Å².